The number of carbonyl (C=O) groups is 1. The summed E-state index contributed by atoms with van der Waals surface area (Å²) in [6.45, 7) is 4.52. The first-order valence-corrected chi connectivity index (χ1v) is 8.74. The van der Waals surface area contributed by atoms with Crippen LogP contribution in [-0.4, -0.2) is 36.0 Å². The smallest absolute Gasteiger partial charge is 0.226 e. The number of carbonyl (C=O) groups excluding carboxylic acids is 1. The third-order valence-corrected chi connectivity index (χ3v) is 6.69. The SMILES string of the molecule is CC1CC2CCCCC2N1C(=O)C1CC12CCNCC2. The molecule has 2 aliphatic heterocycles. The van der Waals surface area contributed by atoms with Crippen LogP contribution in [0.5, 0.6) is 0 Å². The van der Waals surface area contributed by atoms with Gasteiger partial charge in [0.2, 0.25) is 5.91 Å². The Balaban J connectivity index is 1.48. The summed E-state index contributed by atoms with van der Waals surface area (Å²) in [4.78, 5) is 15.4. The Bertz CT molecular complexity index is 402. The second-order valence-corrected chi connectivity index (χ2v) is 7.81. The highest BCUT2D eigenvalue weighted by molar-refractivity contribution is 5.83. The molecule has 0 radical (unpaired) electrons. The van der Waals surface area contributed by atoms with Crippen LogP contribution in [0.25, 0.3) is 0 Å². The molecule has 2 aliphatic carbocycles. The van der Waals surface area contributed by atoms with Crippen molar-refractivity contribution >= 4 is 5.91 Å². The van der Waals surface area contributed by atoms with Crippen molar-refractivity contribution in [2.24, 2.45) is 17.3 Å². The Labute approximate surface area is 122 Å². The van der Waals surface area contributed by atoms with Gasteiger partial charge in [0.25, 0.3) is 0 Å². The van der Waals surface area contributed by atoms with Gasteiger partial charge in [-0.3, -0.25) is 4.79 Å². The zero-order valence-electron chi connectivity index (χ0n) is 12.7. The number of rotatable bonds is 1. The molecule has 0 aromatic rings. The highest BCUT2D eigenvalue weighted by Gasteiger charge is 2.60. The average molecular weight is 276 g/mol. The molecular weight excluding hydrogens is 248 g/mol. The van der Waals surface area contributed by atoms with Gasteiger partial charge < -0.3 is 10.2 Å². The zero-order valence-corrected chi connectivity index (χ0v) is 12.7. The molecule has 2 saturated heterocycles. The first kappa shape index (κ1) is 13.1. The fourth-order valence-corrected chi connectivity index (χ4v) is 5.44. The highest BCUT2D eigenvalue weighted by atomic mass is 16.2. The maximum absolute atomic E-state index is 13.1. The van der Waals surface area contributed by atoms with Gasteiger partial charge in [-0.1, -0.05) is 12.8 Å². The molecule has 1 amide bonds. The lowest BCUT2D eigenvalue weighted by Crippen LogP contribution is -2.44. The third kappa shape index (κ3) is 1.93. The van der Waals surface area contributed by atoms with Gasteiger partial charge in [0, 0.05) is 18.0 Å². The minimum Gasteiger partial charge on any atom is -0.336 e. The van der Waals surface area contributed by atoms with Crippen LogP contribution in [0.4, 0.5) is 0 Å². The summed E-state index contributed by atoms with van der Waals surface area (Å²) in [6.07, 6.45) is 10.2. The minimum atomic E-state index is 0.368. The summed E-state index contributed by atoms with van der Waals surface area (Å²) in [7, 11) is 0. The lowest BCUT2D eigenvalue weighted by Gasteiger charge is -2.34. The lowest BCUT2D eigenvalue weighted by molar-refractivity contribution is -0.137. The van der Waals surface area contributed by atoms with Crippen LogP contribution < -0.4 is 5.32 Å². The van der Waals surface area contributed by atoms with Gasteiger partial charge in [-0.25, -0.2) is 0 Å². The van der Waals surface area contributed by atoms with Crippen molar-refractivity contribution in [3.05, 3.63) is 0 Å². The Morgan fingerprint density at radius 2 is 1.95 bits per heavy atom. The van der Waals surface area contributed by atoms with Gasteiger partial charge in [0.05, 0.1) is 0 Å². The molecule has 112 valence electrons. The van der Waals surface area contributed by atoms with E-state index >= 15 is 0 Å². The molecule has 3 nitrogen and oxygen atoms in total. The summed E-state index contributed by atoms with van der Waals surface area (Å²) in [5.41, 5.74) is 0.398. The molecule has 4 atom stereocenters. The monoisotopic (exact) mass is 276 g/mol. The van der Waals surface area contributed by atoms with E-state index in [0.717, 1.165) is 19.0 Å². The standard InChI is InChI=1S/C17H28N2O/c1-12-10-13-4-2-3-5-15(13)19(12)16(20)14-11-17(14)6-8-18-9-7-17/h12-15,18H,2-11H2,1H3. The van der Waals surface area contributed by atoms with Crippen LogP contribution in [0.3, 0.4) is 0 Å². The fraction of sp³-hybridized carbons (Fsp3) is 0.941. The van der Waals surface area contributed by atoms with Crippen LogP contribution >= 0.6 is 0 Å². The molecule has 1 N–H and O–H groups in total. The summed E-state index contributed by atoms with van der Waals surface area (Å²) < 4.78 is 0. The van der Waals surface area contributed by atoms with E-state index in [9.17, 15) is 4.79 Å². The number of hydrogen-bond acceptors (Lipinski definition) is 2. The molecule has 4 fully saturated rings. The van der Waals surface area contributed by atoms with Gasteiger partial charge in [0.15, 0.2) is 0 Å². The molecule has 0 aromatic heterocycles. The quantitative estimate of drug-likeness (QED) is 0.798. The van der Waals surface area contributed by atoms with E-state index in [-0.39, 0.29) is 0 Å². The van der Waals surface area contributed by atoms with Gasteiger partial charge in [0.1, 0.15) is 0 Å². The van der Waals surface area contributed by atoms with E-state index in [0.29, 0.717) is 29.3 Å². The first-order chi connectivity index (χ1) is 9.71. The molecule has 2 heterocycles. The lowest BCUT2D eigenvalue weighted by atomic mass is 9.84. The molecule has 4 aliphatic rings. The number of hydrogen-bond donors (Lipinski definition) is 1. The van der Waals surface area contributed by atoms with E-state index in [4.69, 9.17) is 0 Å². The van der Waals surface area contributed by atoms with Gasteiger partial charge >= 0.3 is 0 Å². The molecular formula is C17H28N2O. The summed E-state index contributed by atoms with van der Waals surface area (Å²) in [5, 5.41) is 3.44. The number of nitrogens with zero attached hydrogens (tertiary/aromatic N) is 1. The van der Waals surface area contributed by atoms with E-state index in [2.05, 4.69) is 17.1 Å². The number of nitrogens with one attached hydrogen (secondary N) is 1. The predicted molar refractivity (Wildman–Crippen MR) is 79.3 cm³/mol. The van der Waals surface area contributed by atoms with Crippen molar-refractivity contribution in [3.8, 4) is 0 Å². The van der Waals surface area contributed by atoms with Crippen molar-refractivity contribution in [2.45, 2.75) is 70.4 Å². The van der Waals surface area contributed by atoms with Crippen LogP contribution in [0.1, 0.15) is 58.3 Å². The Morgan fingerprint density at radius 1 is 1.20 bits per heavy atom. The number of amides is 1. The van der Waals surface area contributed by atoms with Crippen molar-refractivity contribution in [2.75, 3.05) is 13.1 Å². The number of likely N-dealkylation sites (tertiary alicyclic amines) is 1. The minimum absolute atomic E-state index is 0.368. The van der Waals surface area contributed by atoms with Crippen LogP contribution in [0.2, 0.25) is 0 Å². The summed E-state index contributed by atoms with van der Waals surface area (Å²) >= 11 is 0. The van der Waals surface area contributed by atoms with Gasteiger partial charge in [-0.2, -0.15) is 0 Å². The Hall–Kier alpha value is -0.570. The van der Waals surface area contributed by atoms with E-state index in [1.807, 2.05) is 0 Å². The largest absolute Gasteiger partial charge is 0.336 e. The van der Waals surface area contributed by atoms with Crippen LogP contribution in [0.15, 0.2) is 0 Å². The van der Waals surface area contributed by atoms with Gasteiger partial charge in [-0.15, -0.1) is 0 Å². The second kappa shape index (κ2) is 4.72. The molecule has 4 rings (SSSR count). The van der Waals surface area contributed by atoms with Crippen molar-refractivity contribution in [3.63, 3.8) is 0 Å². The van der Waals surface area contributed by atoms with E-state index in [1.54, 1.807) is 0 Å². The van der Waals surface area contributed by atoms with Crippen LogP contribution in [-0.2, 0) is 4.79 Å². The highest BCUT2D eigenvalue weighted by Crippen LogP contribution is 2.60. The summed E-state index contributed by atoms with van der Waals surface area (Å²) in [6, 6.07) is 1.08. The maximum Gasteiger partial charge on any atom is 0.226 e. The first-order valence-electron chi connectivity index (χ1n) is 8.74. The fourth-order valence-electron chi connectivity index (χ4n) is 5.44. The zero-order chi connectivity index (χ0) is 13.7. The Kier molecular flexibility index (Phi) is 3.10. The topological polar surface area (TPSA) is 32.3 Å². The molecule has 0 bridgehead atoms. The molecule has 4 unspecified atom stereocenters. The average Bonchev–Trinajstić information content (AvgIpc) is 3.03. The predicted octanol–water partition coefficient (Wildman–Crippen LogP) is 2.56. The molecule has 2 saturated carbocycles. The Morgan fingerprint density at radius 3 is 2.75 bits per heavy atom. The second-order valence-electron chi connectivity index (χ2n) is 7.81. The molecule has 3 heteroatoms. The molecule has 0 aromatic carbocycles. The molecule has 20 heavy (non-hydrogen) atoms. The molecule has 1 spiro atoms. The van der Waals surface area contributed by atoms with Crippen molar-refractivity contribution < 1.29 is 4.79 Å². The normalized spacial score (nSPS) is 42.5. The number of piperidine rings is 1. The van der Waals surface area contributed by atoms with E-state index < -0.39 is 0 Å². The van der Waals surface area contributed by atoms with Gasteiger partial charge in [-0.05, 0) is 69.9 Å². The third-order valence-electron chi connectivity index (χ3n) is 6.69. The maximum atomic E-state index is 13.1. The number of fused-ring (bicyclic) bond motifs is 1. The van der Waals surface area contributed by atoms with Crippen LogP contribution in [0, 0.1) is 17.3 Å². The summed E-state index contributed by atoms with van der Waals surface area (Å²) in [5.74, 6) is 1.70. The van der Waals surface area contributed by atoms with Crippen molar-refractivity contribution in [1.82, 2.24) is 10.2 Å². The van der Waals surface area contributed by atoms with E-state index in [1.165, 1.54) is 51.4 Å². The van der Waals surface area contributed by atoms with Crippen molar-refractivity contribution in [1.29, 1.82) is 0 Å².